The van der Waals surface area contributed by atoms with E-state index in [1.54, 1.807) is 12.1 Å². The van der Waals surface area contributed by atoms with Crippen molar-refractivity contribution in [3.63, 3.8) is 0 Å². The number of nitrogens with zero attached hydrogens (tertiary/aromatic N) is 1. The fourth-order valence-corrected chi connectivity index (χ4v) is 2.22. The number of aryl methyl sites for hydroxylation is 1. The predicted molar refractivity (Wildman–Crippen MR) is 109 cm³/mol. The molecule has 0 aliphatic rings. The van der Waals surface area contributed by atoms with E-state index < -0.39 is 0 Å². The number of rotatable bonds is 5. The molecule has 0 aromatic heterocycles. The first-order valence-electron chi connectivity index (χ1n) is 9.20. The monoisotopic (exact) mass is 343 g/mol. The van der Waals surface area contributed by atoms with Gasteiger partial charge in [0.25, 0.3) is 0 Å². The lowest BCUT2D eigenvalue weighted by molar-refractivity contribution is 0.336. The van der Waals surface area contributed by atoms with Gasteiger partial charge in [0.15, 0.2) is 0 Å². The third kappa shape index (κ3) is 10.4. The molecule has 2 rings (SSSR count). The van der Waals surface area contributed by atoms with Crippen molar-refractivity contribution in [2.45, 2.75) is 54.5 Å². The molecule has 0 bridgehead atoms. The van der Waals surface area contributed by atoms with Gasteiger partial charge in [-0.15, -0.1) is 0 Å². The van der Waals surface area contributed by atoms with Crippen molar-refractivity contribution in [3.8, 4) is 0 Å². The van der Waals surface area contributed by atoms with E-state index in [1.807, 2.05) is 45.0 Å². The van der Waals surface area contributed by atoms with Crippen LogP contribution in [0, 0.1) is 12.7 Å². The first-order chi connectivity index (χ1) is 12.1. The maximum atomic E-state index is 13.1. The minimum atomic E-state index is -0.160. The van der Waals surface area contributed by atoms with Crippen molar-refractivity contribution in [1.29, 1.82) is 0 Å². The van der Waals surface area contributed by atoms with Gasteiger partial charge in [-0.1, -0.05) is 74.9 Å². The Morgan fingerprint density at radius 3 is 2.12 bits per heavy atom. The summed E-state index contributed by atoms with van der Waals surface area (Å²) in [6.07, 6.45) is 3.19. The Bertz CT molecular complexity index is 590. The normalized spacial score (nSPS) is 10.1. The Morgan fingerprint density at radius 1 is 1.04 bits per heavy atom. The van der Waals surface area contributed by atoms with Gasteiger partial charge in [-0.2, -0.15) is 0 Å². The largest absolute Gasteiger partial charge is 0.371 e. The lowest BCUT2D eigenvalue weighted by atomic mass is 10.2. The Kier molecular flexibility index (Phi) is 13.1. The molecular formula is C23H34FN. The molecule has 1 nitrogen and oxygen atoms in total. The van der Waals surface area contributed by atoms with Crippen LogP contribution in [0.5, 0.6) is 0 Å². The second kappa shape index (κ2) is 14.3. The fourth-order valence-electron chi connectivity index (χ4n) is 2.22. The second-order valence-electron chi connectivity index (χ2n) is 5.64. The van der Waals surface area contributed by atoms with Gasteiger partial charge in [-0.3, -0.25) is 0 Å². The van der Waals surface area contributed by atoms with Crippen LogP contribution in [0.25, 0.3) is 0 Å². The van der Waals surface area contributed by atoms with Crippen LogP contribution >= 0.6 is 0 Å². The summed E-state index contributed by atoms with van der Waals surface area (Å²) in [7, 11) is 0. The molecule has 0 radical (unpaired) electrons. The molecule has 2 heteroatoms. The Morgan fingerprint density at radius 2 is 1.68 bits per heavy atom. The fraction of sp³-hybridized carbons (Fsp3) is 0.391. The van der Waals surface area contributed by atoms with Gasteiger partial charge in [0.2, 0.25) is 0 Å². The third-order valence-electron chi connectivity index (χ3n) is 3.61. The van der Waals surface area contributed by atoms with Gasteiger partial charge in [-0.05, 0) is 44.9 Å². The van der Waals surface area contributed by atoms with Crippen LogP contribution in [0.1, 0.15) is 52.2 Å². The van der Waals surface area contributed by atoms with Crippen molar-refractivity contribution in [2.75, 3.05) is 6.54 Å². The van der Waals surface area contributed by atoms with E-state index >= 15 is 0 Å². The summed E-state index contributed by atoms with van der Waals surface area (Å²) in [5.74, 6) is -0.160. The first-order valence-corrected chi connectivity index (χ1v) is 9.20. The lowest BCUT2D eigenvalue weighted by Gasteiger charge is -2.25. The van der Waals surface area contributed by atoms with Gasteiger partial charge in [-0.25, -0.2) is 4.39 Å². The summed E-state index contributed by atoms with van der Waals surface area (Å²) in [4.78, 5) is 2.27. The van der Waals surface area contributed by atoms with Crippen molar-refractivity contribution < 1.29 is 4.39 Å². The second-order valence-corrected chi connectivity index (χ2v) is 5.64. The van der Waals surface area contributed by atoms with Crippen LogP contribution in [0.15, 0.2) is 66.4 Å². The van der Waals surface area contributed by atoms with Crippen LogP contribution in [0.2, 0.25) is 0 Å². The maximum Gasteiger partial charge on any atom is 0.123 e. The number of benzene rings is 2. The molecule has 2 aromatic carbocycles. The number of hydrogen-bond donors (Lipinski definition) is 0. The summed E-state index contributed by atoms with van der Waals surface area (Å²) in [6, 6.07) is 17.1. The molecule has 138 valence electrons. The van der Waals surface area contributed by atoms with Gasteiger partial charge in [0.05, 0.1) is 0 Å². The molecule has 0 N–H and O–H groups in total. The van der Waals surface area contributed by atoms with E-state index in [2.05, 4.69) is 43.9 Å². The molecule has 2 aromatic rings. The molecule has 0 aliphatic heterocycles. The summed E-state index contributed by atoms with van der Waals surface area (Å²) in [5.41, 5.74) is 3.59. The molecule has 0 amide bonds. The molecule has 0 heterocycles. The van der Waals surface area contributed by atoms with E-state index in [9.17, 15) is 4.39 Å². The predicted octanol–water partition coefficient (Wildman–Crippen LogP) is 6.98. The standard InChI is InChI=1S/C14H20FN.C7H8.C2H6/c1-4-9-16(12(3)5-2)11-13-7-6-8-14(15)10-13;1-7-5-3-2-4-6-7;1-2/h5-8,10H,4,9,11H2,1-3H3;2-6H,1H3;1-2H3/b12-5+;;. The molecule has 0 atom stereocenters. The van der Waals surface area contributed by atoms with E-state index in [4.69, 9.17) is 0 Å². The first kappa shape index (κ1) is 22.9. The van der Waals surface area contributed by atoms with Crippen LogP contribution in [0.4, 0.5) is 4.39 Å². The zero-order valence-corrected chi connectivity index (χ0v) is 16.7. The molecule has 0 unspecified atom stereocenters. The summed E-state index contributed by atoms with van der Waals surface area (Å²) in [6.45, 7) is 14.1. The number of allylic oxidation sites excluding steroid dienone is 2. The Labute approximate surface area is 154 Å². The van der Waals surface area contributed by atoms with E-state index in [1.165, 1.54) is 17.3 Å². The molecular weight excluding hydrogens is 309 g/mol. The molecule has 0 aliphatic carbocycles. The van der Waals surface area contributed by atoms with E-state index in [-0.39, 0.29) is 5.82 Å². The topological polar surface area (TPSA) is 3.24 Å². The van der Waals surface area contributed by atoms with Gasteiger partial charge in [0, 0.05) is 18.8 Å². The summed E-state index contributed by atoms with van der Waals surface area (Å²) < 4.78 is 13.1. The van der Waals surface area contributed by atoms with Crippen molar-refractivity contribution in [1.82, 2.24) is 4.90 Å². The van der Waals surface area contributed by atoms with E-state index in [0.29, 0.717) is 0 Å². The summed E-state index contributed by atoms with van der Waals surface area (Å²) in [5, 5.41) is 0. The van der Waals surface area contributed by atoms with E-state index in [0.717, 1.165) is 25.1 Å². The lowest BCUT2D eigenvalue weighted by Crippen LogP contribution is -2.22. The highest BCUT2D eigenvalue weighted by Crippen LogP contribution is 2.12. The molecule has 0 saturated heterocycles. The minimum Gasteiger partial charge on any atom is -0.371 e. The van der Waals surface area contributed by atoms with Crippen molar-refractivity contribution in [3.05, 3.63) is 83.3 Å². The Hall–Kier alpha value is -2.09. The van der Waals surface area contributed by atoms with Crippen LogP contribution in [-0.2, 0) is 6.54 Å². The zero-order valence-electron chi connectivity index (χ0n) is 16.7. The summed E-state index contributed by atoms with van der Waals surface area (Å²) >= 11 is 0. The highest BCUT2D eigenvalue weighted by Gasteiger charge is 2.05. The highest BCUT2D eigenvalue weighted by molar-refractivity contribution is 5.17. The molecule has 0 spiro atoms. The SMILES string of the molecule is C/C=C(\C)N(CCC)Cc1cccc(F)c1.CC.Cc1ccccc1. The smallest absolute Gasteiger partial charge is 0.123 e. The van der Waals surface area contributed by atoms with Crippen LogP contribution in [-0.4, -0.2) is 11.4 Å². The highest BCUT2D eigenvalue weighted by atomic mass is 19.1. The molecule has 0 saturated carbocycles. The number of halogens is 1. The number of hydrogen-bond acceptors (Lipinski definition) is 1. The Balaban J connectivity index is 0.000000530. The zero-order chi connectivity index (χ0) is 19.1. The van der Waals surface area contributed by atoms with Crippen LogP contribution in [0.3, 0.4) is 0 Å². The van der Waals surface area contributed by atoms with Gasteiger partial charge >= 0.3 is 0 Å². The van der Waals surface area contributed by atoms with Gasteiger partial charge < -0.3 is 4.90 Å². The third-order valence-corrected chi connectivity index (χ3v) is 3.61. The van der Waals surface area contributed by atoms with Crippen molar-refractivity contribution >= 4 is 0 Å². The van der Waals surface area contributed by atoms with Crippen LogP contribution < -0.4 is 0 Å². The minimum absolute atomic E-state index is 0.160. The molecule has 25 heavy (non-hydrogen) atoms. The quantitative estimate of drug-likeness (QED) is 0.566. The maximum absolute atomic E-state index is 13.1. The van der Waals surface area contributed by atoms with Gasteiger partial charge in [0.1, 0.15) is 5.82 Å². The van der Waals surface area contributed by atoms with Crippen molar-refractivity contribution in [2.24, 2.45) is 0 Å². The average molecular weight is 344 g/mol. The average Bonchev–Trinajstić information content (AvgIpc) is 2.63. The molecule has 0 fully saturated rings.